The van der Waals surface area contributed by atoms with E-state index in [1.807, 2.05) is 31.2 Å². The van der Waals surface area contributed by atoms with Crippen molar-refractivity contribution in [3.8, 4) is 0 Å². The molecule has 0 N–H and O–H groups in total. The molecular weight excluding hydrogens is 357 g/mol. The van der Waals surface area contributed by atoms with Crippen molar-refractivity contribution in [3.63, 3.8) is 0 Å². The van der Waals surface area contributed by atoms with E-state index in [0.29, 0.717) is 0 Å². The van der Waals surface area contributed by atoms with Crippen molar-refractivity contribution in [2.45, 2.75) is 38.8 Å². The van der Waals surface area contributed by atoms with Crippen molar-refractivity contribution in [1.29, 1.82) is 0 Å². The lowest BCUT2D eigenvalue weighted by Gasteiger charge is -2.26. The average Bonchev–Trinajstić information content (AvgIpc) is 2.93. The number of hydrogen-bond acceptors (Lipinski definition) is 3. The number of esters is 1. The number of carbonyl (C=O) groups is 2. The fraction of sp³-hybridized carbons (Fsp3) is 0.300. The molecule has 0 saturated carbocycles. The first kappa shape index (κ1) is 18.4. The van der Waals surface area contributed by atoms with Crippen molar-refractivity contribution >= 4 is 29.2 Å². The van der Waals surface area contributed by atoms with E-state index in [9.17, 15) is 14.0 Å². The summed E-state index contributed by atoms with van der Waals surface area (Å²) < 4.78 is 19.0. The van der Waals surface area contributed by atoms with Gasteiger partial charge in [0.25, 0.3) is 5.91 Å². The number of para-hydroxylation sites is 1. The van der Waals surface area contributed by atoms with Crippen LogP contribution in [-0.4, -0.2) is 24.0 Å². The van der Waals surface area contributed by atoms with E-state index in [2.05, 4.69) is 0 Å². The fourth-order valence-corrected chi connectivity index (χ4v) is 3.46. The summed E-state index contributed by atoms with van der Waals surface area (Å²) in [4.78, 5) is 26.6. The summed E-state index contributed by atoms with van der Waals surface area (Å²) in [7, 11) is 0. The zero-order valence-electron chi connectivity index (χ0n) is 14.5. The third-order valence-corrected chi connectivity index (χ3v) is 4.84. The molecule has 0 bridgehead atoms. The quantitative estimate of drug-likeness (QED) is 0.761. The van der Waals surface area contributed by atoms with Crippen LogP contribution in [0.5, 0.6) is 0 Å². The molecule has 4 nitrogen and oxygen atoms in total. The summed E-state index contributed by atoms with van der Waals surface area (Å²) >= 11 is 5.93. The molecule has 1 aliphatic rings. The van der Waals surface area contributed by atoms with E-state index in [4.69, 9.17) is 16.3 Å². The molecule has 0 unspecified atom stereocenters. The van der Waals surface area contributed by atoms with Crippen LogP contribution in [0.4, 0.5) is 10.1 Å². The molecule has 0 fully saturated rings. The van der Waals surface area contributed by atoms with Gasteiger partial charge in [-0.25, -0.2) is 4.39 Å². The summed E-state index contributed by atoms with van der Waals surface area (Å²) in [5.41, 5.74) is 1.99. The minimum Gasteiger partial charge on any atom is -0.452 e. The van der Waals surface area contributed by atoms with Crippen molar-refractivity contribution in [3.05, 3.63) is 64.4 Å². The largest absolute Gasteiger partial charge is 0.452 e. The molecule has 0 radical (unpaired) electrons. The van der Waals surface area contributed by atoms with E-state index in [1.54, 1.807) is 4.90 Å². The highest BCUT2D eigenvalue weighted by atomic mass is 35.5. The van der Waals surface area contributed by atoms with Crippen LogP contribution < -0.4 is 4.90 Å². The molecule has 2 aromatic rings. The molecule has 0 spiro atoms. The number of fused-ring (bicyclic) bond motifs is 1. The molecule has 2 atom stereocenters. The molecule has 0 aromatic heterocycles. The van der Waals surface area contributed by atoms with Gasteiger partial charge in [0.1, 0.15) is 5.82 Å². The molecule has 136 valence electrons. The number of carbonyl (C=O) groups excluding carboxylic acids is 2. The molecule has 3 rings (SSSR count). The standard InChI is InChI=1S/C20H19ClFNO3/c1-12-10-14-6-3-4-9-18(14)23(12)20(25)13(2)26-19(24)11-15-16(21)7-5-8-17(15)22/h3-9,12-13H,10-11H2,1-2H3/t12-,13+/m0/s1. The first-order valence-corrected chi connectivity index (χ1v) is 8.79. The van der Waals surface area contributed by atoms with Crippen LogP contribution in [0.2, 0.25) is 5.02 Å². The van der Waals surface area contributed by atoms with Crippen LogP contribution in [0.1, 0.15) is 25.0 Å². The van der Waals surface area contributed by atoms with Crippen LogP contribution in [0.25, 0.3) is 0 Å². The monoisotopic (exact) mass is 375 g/mol. The third-order valence-electron chi connectivity index (χ3n) is 4.48. The van der Waals surface area contributed by atoms with Crippen LogP contribution in [0.3, 0.4) is 0 Å². The van der Waals surface area contributed by atoms with E-state index in [1.165, 1.54) is 25.1 Å². The maximum atomic E-state index is 13.8. The van der Waals surface area contributed by atoms with E-state index >= 15 is 0 Å². The second-order valence-corrected chi connectivity index (χ2v) is 6.81. The van der Waals surface area contributed by atoms with Crippen molar-refractivity contribution < 1.29 is 18.7 Å². The molecule has 1 aliphatic heterocycles. The van der Waals surface area contributed by atoms with E-state index < -0.39 is 17.9 Å². The summed E-state index contributed by atoms with van der Waals surface area (Å²) in [6.45, 7) is 3.47. The van der Waals surface area contributed by atoms with Gasteiger partial charge in [0.2, 0.25) is 0 Å². The number of nitrogens with zero attached hydrogens (tertiary/aromatic N) is 1. The number of anilines is 1. The Bertz CT molecular complexity index is 834. The number of amides is 1. The van der Waals surface area contributed by atoms with Gasteiger partial charge in [0, 0.05) is 22.3 Å². The molecule has 26 heavy (non-hydrogen) atoms. The highest BCUT2D eigenvalue weighted by molar-refractivity contribution is 6.31. The van der Waals surface area contributed by atoms with Gasteiger partial charge in [-0.2, -0.15) is 0 Å². The van der Waals surface area contributed by atoms with Gasteiger partial charge in [-0.05, 0) is 44.0 Å². The molecule has 0 saturated heterocycles. The van der Waals surface area contributed by atoms with Gasteiger partial charge >= 0.3 is 5.97 Å². The van der Waals surface area contributed by atoms with Gasteiger partial charge < -0.3 is 9.64 Å². The SMILES string of the molecule is C[C@@H](OC(=O)Cc1c(F)cccc1Cl)C(=O)N1c2ccccc2C[C@@H]1C. The Morgan fingerprint density at radius 2 is 2.00 bits per heavy atom. The predicted molar refractivity (Wildman–Crippen MR) is 97.8 cm³/mol. The van der Waals surface area contributed by atoms with E-state index in [0.717, 1.165) is 17.7 Å². The topological polar surface area (TPSA) is 46.6 Å². The maximum Gasteiger partial charge on any atom is 0.311 e. The lowest BCUT2D eigenvalue weighted by Crippen LogP contribution is -2.43. The Balaban J connectivity index is 1.69. The van der Waals surface area contributed by atoms with Gasteiger partial charge in [-0.3, -0.25) is 9.59 Å². The Morgan fingerprint density at radius 1 is 1.27 bits per heavy atom. The second kappa shape index (κ2) is 7.46. The first-order chi connectivity index (χ1) is 12.4. The Kier molecular flexibility index (Phi) is 5.28. The minimum atomic E-state index is -0.971. The maximum absolute atomic E-state index is 13.8. The predicted octanol–water partition coefficient (Wildman–Crippen LogP) is 3.93. The number of halogens is 2. The summed E-state index contributed by atoms with van der Waals surface area (Å²) in [6, 6.07) is 11.8. The minimum absolute atomic E-state index is 0.0120. The van der Waals surface area contributed by atoms with Crippen LogP contribution in [0.15, 0.2) is 42.5 Å². The van der Waals surface area contributed by atoms with Crippen LogP contribution in [0, 0.1) is 5.82 Å². The Labute approximate surface area is 156 Å². The first-order valence-electron chi connectivity index (χ1n) is 8.42. The van der Waals surface area contributed by atoms with Crippen LogP contribution in [-0.2, 0) is 27.2 Å². The highest BCUT2D eigenvalue weighted by Gasteiger charge is 2.34. The molecule has 2 aromatic carbocycles. The number of benzene rings is 2. The Hall–Kier alpha value is -2.40. The average molecular weight is 376 g/mol. The fourth-order valence-electron chi connectivity index (χ4n) is 3.23. The molecule has 1 amide bonds. The Morgan fingerprint density at radius 3 is 2.73 bits per heavy atom. The lowest BCUT2D eigenvalue weighted by atomic mass is 10.1. The number of ether oxygens (including phenoxy) is 1. The molecule has 0 aliphatic carbocycles. The van der Waals surface area contributed by atoms with Gasteiger partial charge in [0.15, 0.2) is 6.10 Å². The van der Waals surface area contributed by atoms with Crippen molar-refractivity contribution in [1.82, 2.24) is 0 Å². The van der Waals surface area contributed by atoms with Gasteiger partial charge in [-0.15, -0.1) is 0 Å². The van der Waals surface area contributed by atoms with Crippen molar-refractivity contribution in [2.75, 3.05) is 4.90 Å². The van der Waals surface area contributed by atoms with E-state index in [-0.39, 0.29) is 29.0 Å². The van der Waals surface area contributed by atoms with Gasteiger partial charge in [-0.1, -0.05) is 35.9 Å². The molecule has 1 heterocycles. The second-order valence-electron chi connectivity index (χ2n) is 6.40. The number of hydrogen-bond donors (Lipinski definition) is 0. The summed E-state index contributed by atoms with van der Waals surface area (Å²) in [5, 5.41) is 0.156. The van der Waals surface area contributed by atoms with Crippen LogP contribution >= 0.6 is 11.6 Å². The summed E-state index contributed by atoms with van der Waals surface area (Å²) in [5.74, 6) is -1.57. The third kappa shape index (κ3) is 3.58. The lowest BCUT2D eigenvalue weighted by molar-refractivity contribution is -0.153. The smallest absolute Gasteiger partial charge is 0.311 e. The van der Waals surface area contributed by atoms with Gasteiger partial charge in [0.05, 0.1) is 6.42 Å². The molecular formula is C20H19ClFNO3. The molecule has 6 heteroatoms. The highest BCUT2D eigenvalue weighted by Crippen LogP contribution is 2.32. The zero-order valence-corrected chi connectivity index (χ0v) is 15.3. The summed E-state index contributed by atoms with van der Waals surface area (Å²) in [6.07, 6.45) is -0.537. The normalized spacial score (nSPS) is 16.9. The number of rotatable bonds is 4. The van der Waals surface area contributed by atoms with Crippen molar-refractivity contribution in [2.24, 2.45) is 0 Å². The zero-order chi connectivity index (χ0) is 18.8.